The third-order valence-corrected chi connectivity index (χ3v) is 3.35. The zero-order chi connectivity index (χ0) is 14.3. The van der Waals surface area contributed by atoms with Crippen LogP contribution in [-0.2, 0) is 14.3 Å². The zero-order valence-corrected chi connectivity index (χ0v) is 11.7. The maximum absolute atomic E-state index is 11.8. The van der Waals surface area contributed by atoms with Gasteiger partial charge in [0.25, 0.3) is 0 Å². The van der Waals surface area contributed by atoms with Crippen LogP contribution < -0.4 is 10.6 Å². The number of aliphatic carboxylic acids is 1. The van der Waals surface area contributed by atoms with E-state index >= 15 is 0 Å². The molecule has 0 aromatic carbocycles. The van der Waals surface area contributed by atoms with Crippen LogP contribution in [0.2, 0.25) is 0 Å². The van der Waals surface area contributed by atoms with E-state index in [1.807, 2.05) is 13.8 Å². The van der Waals surface area contributed by atoms with Crippen LogP contribution in [0.15, 0.2) is 0 Å². The van der Waals surface area contributed by atoms with Crippen molar-refractivity contribution in [1.82, 2.24) is 10.6 Å². The van der Waals surface area contributed by atoms with Crippen LogP contribution in [-0.4, -0.2) is 49.3 Å². The van der Waals surface area contributed by atoms with Crippen LogP contribution in [0.1, 0.15) is 33.1 Å². The van der Waals surface area contributed by atoms with Gasteiger partial charge in [-0.15, -0.1) is 0 Å². The van der Waals surface area contributed by atoms with E-state index in [1.165, 1.54) is 0 Å². The van der Waals surface area contributed by atoms with E-state index in [2.05, 4.69) is 10.6 Å². The molecule has 0 radical (unpaired) electrons. The number of ether oxygens (including phenoxy) is 1. The molecule has 6 heteroatoms. The van der Waals surface area contributed by atoms with Crippen LogP contribution in [0.3, 0.4) is 0 Å². The monoisotopic (exact) mass is 272 g/mol. The minimum atomic E-state index is -0.777. The van der Waals surface area contributed by atoms with Crippen molar-refractivity contribution in [2.75, 3.05) is 26.3 Å². The van der Waals surface area contributed by atoms with Gasteiger partial charge in [-0.05, 0) is 18.3 Å². The molecule has 1 amide bonds. The number of carboxylic acid groups (broad SMARTS) is 1. The number of morpholine rings is 1. The number of carbonyl (C=O) groups is 2. The summed E-state index contributed by atoms with van der Waals surface area (Å²) in [5.74, 6) is -0.825. The molecular weight excluding hydrogens is 248 g/mol. The minimum Gasteiger partial charge on any atom is -0.481 e. The lowest BCUT2D eigenvalue weighted by atomic mass is 9.84. The fourth-order valence-corrected chi connectivity index (χ4v) is 1.95. The number of amides is 1. The number of nitrogens with one attached hydrogen (secondary N) is 2. The van der Waals surface area contributed by atoms with Gasteiger partial charge in [0.1, 0.15) is 6.04 Å². The van der Waals surface area contributed by atoms with Gasteiger partial charge in [0.2, 0.25) is 5.91 Å². The Bertz CT molecular complexity index is 312. The molecular formula is C13H24N2O4. The van der Waals surface area contributed by atoms with Crippen LogP contribution >= 0.6 is 0 Å². The lowest BCUT2D eigenvalue weighted by molar-refractivity contribution is -0.137. The van der Waals surface area contributed by atoms with Gasteiger partial charge in [-0.1, -0.05) is 13.8 Å². The van der Waals surface area contributed by atoms with Crippen LogP contribution in [0.5, 0.6) is 0 Å². The fourth-order valence-electron chi connectivity index (χ4n) is 1.95. The number of hydrogen-bond donors (Lipinski definition) is 3. The van der Waals surface area contributed by atoms with Gasteiger partial charge >= 0.3 is 5.97 Å². The molecule has 1 rings (SSSR count). The third kappa shape index (κ3) is 6.54. The maximum atomic E-state index is 11.8. The first-order valence-electron chi connectivity index (χ1n) is 6.71. The Morgan fingerprint density at radius 2 is 2.16 bits per heavy atom. The number of carbonyl (C=O) groups excluding carboxylic acids is 1. The maximum Gasteiger partial charge on any atom is 0.303 e. The SMILES string of the molecule is CC(C)(CCNC(=O)C1COCCN1)CCC(=O)O. The molecule has 0 aromatic heterocycles. The van der Waals surface area contributed by atoms with Gasteiger partial charge in [0.15, 0.2) is 0 Å². The zero-order valence-electron chi connectivity index (χ0n) is 11.7. The minimum absolute atomic E-state index is 0.0475. The lowest BCUT2D eigenvalue weighted by Crippen LogP contribution is -2.51. The van der Waals surface area contributed by atoms with Gasteiger partial charge in [0.05, 0.1) is 13.2 Å². The summed E-state index contributed by atoms with van der Waals surface area (Å²) >= 11 is 0. The quantitative estimate of drug-likeness (QED) is 0.623. The van der Waals surface area contributed by atoms with Gasteiger partial charge in [-0.25, -0.2) is 0 Å². The molecule has 1 aliphatic heterocycles. The van der Waals surface area contributed by atoms with E-state index in [-0.39, 0.29) is 23.8 Å². The van der Waals surface area contributed by atoms with Crippen molar-refractivity contribution in [3.05, 3.63) is 0 Å². The predicted molar refractivity (Wildman–Crippen MR) is 70.9 cm³/mol. The van der Waals surface area contributed by atoms with E-state index in [9.17, 15) is 9.59 Å². The highest BCUT2D eigenvalue weighted by Crippen LogP contribution is 2.25. The molecule has 0 aliphatic carbocycles. The average molecular weight is 272 g/mol. The summed E-state index contributed by atoms with van der Waals surface area (Å²) in [5.41, 5.74) is -0.0812. The summed E-state index contributed by atoms with van der Waals surface area (Å²) in [6.07, 6.45) is 1.54. The Labute approximate surface area is 113 Å². The summed E-state index contributed by atoms with van der Waals surface area (Å²) in [5, 5.41) is 14.6. The van der Waals surface area contributed by atoms with Crippen LogP contribution in [0.25, 0.3) is 0 Å². The smallest absolute Gasteiger partial charge is 0.303 e. The van der Waals surface area contributed by atoms with Crippen molar-refractivity contribution < 1.29 is 19.4 Å². The predicted octanol–water partition coefficient (Wildman–Crippen LogP) is 0.372. The van der Waals surface area contributed by atoms with Crippen molar-refractivity contribution in [2.24, 2.45) is 5.41 Å². The van der Waals surface area contributed by atoms with E-state index < -0.39 is 5.97 Å². The fraction of sp³-hybridized carbons (Fsp3) is 0.846. The molecule has 3 N–H and O–H groups in total. The second kappa shape index (κ2) is 7.45. The molecule has 0 spiro atoms. The van der Waals surface area contributed by atoms with Crippen molar-refractivity contribution >= 4 is 11.9 Å². The molecule has 1 fully saturated rings. The first kappa shape index (κ1) is 15.9. The Morgan fingerprint density at radius 3 is 2.74 bits per heavy atom. The summed E-state index contributed by atoms with van der Waals surface area (Å²) in [7, 11) is 0. The standard InChI is InChI=1S/C13H24N2O4/c1-13(2,4-3-11(16)17)5-6-15-12(18)10-9-19-8-7-14-10/h10,14H,3-9H2,1-2H3,(H,15,18)(H,16,17). The highest BCUT2D eigenvalue weighted by Gasteiger charge is 2.23. The molecule has 1 aliphatic rings. The van der Waals surface area contributed by atoms with E-state index in [0.29, 0.717) is 32.7 Å². The van der Waals surface area contributed by atoms with Crippen molar-refractivity contribution in [3.63, 3.8) is 0 Å². The van der Waals surface area contributed by atoms with Crippen molar-refractivity contribution in [3.8, 4) is 0 Å². The van der Waals surface area contributed by atoms with Crippen molar-refractivity contribution in [2.45, 2.75) is 39.2 Å². The molecule has 1 heterocycles. The topological polar surface area (TPSA) is 87.7 Å². The highest BCUT2D eigenvalue weighted by atomic mass is 16.5. The second-order valence-corrected chi connectivity index (χ2v) is 5.68. The van der Waals surface area contributed by atoms with Gasteiger partial charge in [-0.2, -0.15) is 0 Å². The average Bonchev–Trinajstić information content (AvgIpc) is 2.37. The molecule has 0 saturated carbocycles. The lowest BCUT2D eigenvalue weighted by Gasteiger charge is -2.26. The number of hydrogen-bond acceptors (Lipinski definition) is 4. The normalized spacial score (nSPS) is 20.0. The van der Waals surface area contributed by atoms with Crippen molar-refractivity contribution in [1.29, 1.82) is 0 Å². The molecule has 0 bridgehead atoms. The first-order valence-corrected chi connectivity index (χ1v) is 6.71. The molecule has 110 valence electrons. The van der Waals surface area contributed by atoms with E-state index in [4.69, 9.17) is 9.84 Å². The Hall–Kier alpha value is -1.14. The number of rotatable bonds is 7. The largest absolute Gasteiger partial charge is 0.481 e. The van der Waals surface area contributed by atoms with Crippen LogP contribution in [0, 0.1) is 5.41 Å². The summed E-state index contributed by atoms with van der Waals surface area (Å²) in [4.78, 5) is 22.3. The first-order chi connectivity index (χ1) is 8.91. The summed E-state index contributed by atoms with van der Waals surface area (Å²) in [6, 6.07) is -0.268. The third-order valence-electron chi connectivity index (χ3n) is 3.35. The molecule has 1 unspecified atom stereocenters. The Balaban J connectivity index is 2.20. The molecule has 1 saturated heterocycles. The second-order valence-electron chi connectivity index (χ2n) is 5.68. The van der Waals surface area contributed by atoms with E-state index in [1.54, 1.807) is 0 Å². The van der Waals surface area contributed by atoms with Gasteiger partial charge in [-0.3, -0.25) is 9.59 Å². The summed E-state index contributed by atoms with van der Waals surface area (Å²) < 4.78 is 5.23. The molecule has 0 aromatic rings. The molecule has 19 heavy (non-hydrogen) atoms. The number of carboxylic acids is 1. The summed E-state index contributed by atoms with van der Waals surface area (Å²) in [6.45, 7) is 6.35. The highest BCUT2D eigenvalue weighted by molar-refractivity contribution is 5.81. The Morgan fingerprint density at radius 1 is 1.42 bits per heavy atom. The Kier molecular flexibility index (Phi) is 6.24. The van der Waals surface area contributed by atoms with Gasteiger partial charge in [0, 0.05) is 19.5 Å². The molecule has 6 nitrogen and oxygen atoms in total. The molecule has 1 atom stereocenters. The van der Waals surface area contributed by atoms with Gasteiger partial charge < -0.3 is 20.5 Å². The van der Waals surface area contributed by atoms with Crippen LogP contribution in [0.4, 0.5) is 0 Å². The van der Waals surface area contributed by atoms with E-state index in [0.717, 1.165) is 6.42 Å².